The van der Waals surface area contributed by atoms with E-state index in [1.165, 1.54) is 13.2 Å². The summed E-state index contributed by atoms with van der Waals surface area (Å²) in [6, 6.07) is 3.07. The van der Waals surface area contributed by atoms with Crippen LogP contribution in [0.3, 0.4) is 0 Å². The highest BCUT2D eigenvalue weighted by Crippen LogP contribution is 2.35. The first kappa shape index (κ1) is 18.1. The number of aromatic amines is 1. The number of halogens is 2. The lowest BCUT2D eigenvalue weighted by Crippen LogP contribution is -2.13. The van der Waals surface area contributed by atoms with Crippen LogP contribution in [0.1, 0.15) is 21.7 Å². The number of nitrogens with one attached hydrogen (secondary N) is 1. The second-order valence-electron chi connectivity index (χ2n) is 6.14. The summed E-state index contributed by atoms with van der Waals surface area (Å²) in [4.78, 5) is 25.6. The second-order valence-corrected chi connectivity index (χ2v) is 6.55. The van der Waals surface area contributed by atoms with Gasteiger partial charge in [0.15, 0.2) is 17.3 Å². The Morgan fingerprint density at radius 1 is 1.27 bits per heavy atom. The first-order valence-corrected chi connectivity index (χ1v) is 8.25. The molecule has 0 amide bonds. The van der Waals surface area contributed by atoms with Gasteiger partial charge in [-0.2, -0.15) is 0 Å². The van der Waals surface area contributed by atoms with Gasteiger partial charge in [0, 0.05) is 19.8 Å². The Kier molecular flexibility index (Phi) is 4.58. The lowest BCUT2D eigenvalue weighted by Gasteiger charge is -2.17. The maximum absolute atomic E-state index is 15.0. The van der Waals surface area contributed by atoms with Gasteiger partial charge in [0.1, 0.15) is 5.65 Å². The smallest absolute Gasteiger partial charge is 0.357 e. The summed E-state index contributed by atoms with van der Waals surface area (Å²) in [5, 5.41) is 0.845. The summed E-state index contributed by atoms with van der Waals surface area (Å²) in [7, 11) is 4.66. The van der Waals surface area contributed by atoms with Gasteiger partial charge in [0.25, 0.3) is 0 Å². The summed E-state index contributed by atoms with van der Waals surface area (Å²) >= 11 is 6.10. The normalized spacial score (nSPS) is 11.0. The molecule has 0 unspecified atom stereocenters. The maximum atomic E-state index is 15.0. The van der Waals surface area contributed by atoms with Gasteiger partial charge in [-0.25, -0.2) is 19.2 Å². The number of hydrogen-bond donors (Lipinski definition) is 1. The third-order valence-corrected chi connectivity index (χ3v) is 4.59. The van der Waals surface area contributed by atoms with Crippen molar-refractivity contribution in [3.8, 4) is 11.4 Å². The molecule has 0 fully saturated rings. The Hall–Kier alpha value is -2.67. The van der Waals surface area contributed by atoms with E-state index < -0.39 is 11.8 Å². The average molecular weight is 377 g/mol. The first-order valence-electron chi connectivity index (χ1n) is 7.87. The van der Waals surface area contributed by atoms with Crippen molar-refractivity contribution >= 4 is 34.3 Å². The van der Waals surface area contributed by atoms with Gasteiger partial charge in [-0.15, -0.1) is 0 Å². The Morgan fingerprint density at radius 3 is 2.58 bits per heavy atom. The summed E-state index contributed by atoms with van der Waals surface area (Å²) < 4.78 is 19.9. The van der Waals surface area contributed by atoms with Crippen LogP contribution < -0.4 is 4.90 Å². The van der Waals surface area contributed by atoms with E-state index in [9.17, 15) is 4.79 Å². The van der Waals surface area contributed by atoms with E-state index in [2.05, 4.69) is 15.0 Å². The number of benzene rings is 1. The third kappa shape index (κ3) is 2.78. The molecule has 6 nitrogen and oxygen atoms in total. The number of aromatic nitrogens is 3. The van der Waals surface area contributed by atoms with Gasteiger partial charge in [0.05, 0.1) is 28.8 Å². The lowest BCUT2D eigenvalue weighted by atomic mass is 10.1. The van der Waals surface area contributed by atoms with Crippen molar-refractivity contribution in [1.29, 1.82) is 0 Å². The molecule has 0 radical (unpaired) electrons. The van der Waals surface area contributed by atoms with Crippen molar-refractivity contribution in [2.24, 2.45) is 0 Å². The molecule has 0 atom stereocenters. The number of H-pyrrole nitrogens is 1. The quantitative estimate of drug-likeness (QED) is 0.702. The number of carbonyl (C=O) groups excluding carboxylic acids is 1. The molecule has 3 aromatic rings. The topological polar surface area (TPSA) is 71.1 Å². The predicted molar refractivity (Wildman–Crippen MR) is 99.4 cm³/mol. The molecule has 2 heterocycles. The largest absolute Gasteiger partial charge is 0.464 e. The van der Waals surface area contributed by atoms with Crippen LogP contribution in [-0.2, 0) is 4.74 Å². The second kappa shape index (κ2) is 6.57. The molecule has 0 saturated heterocycles. The number of anilines is 1. The van der Waals surface area contributed by atoms with Gasteiger partial charge in [-0.3, -0.25) is 0 Å². The number of nitrogens with zero attached hydrogens (tertiary/aromatic N) is 3. The minimum Gasteiger partial charge on any atom is -0.464 e. The van der Waals surface area contributed by atoms with Gasteiger partial charge in [-0.05, 0) is 31.5 Å². The minimum absolute atomic E-state index is 0.0800. The summed E-state index contributed by atoms with van der Waals surface area (Å²) in [6.07, 6.45) is 0. The van der Waals surface area contributed by atoms with Gasteiger partial charge >= 0.3 is 5.97 Å². The summed E-state index contributed by atoms with van der Waals surface area (Å²) in [6.45, 7) is 3.72. The molecule has 0 saturated carbocycles. The predicted octanol–water partition coefficient (Wildman–Crippen LogP) is 3.89. The van der Waals surface area contributed by atoms with Crippen molar-refractivity contribution in [1.82, 2.24) is 15.0 Å². The molecule has 3 rings (SSSR count). The Morgan fingerprint density at radius 2 is 1.96 bits per heavy atom. The molecule has 136 valence electrons. The molecule has 0 bridgehead atoms. The van der Waals surface area contributed by atoms with Crippen molar-refractivity contribution in [2.45, 2.75) is 13.8 Å². The van der Waals surface area contributed by atoms with Crippen molar-refractivity contribution in [2.75, 3.05) is 26.1 Å². The van der Waals surface area contributed by atoms with Crippen LogP contribution in [-0.4, -0.2) is 42.1 Å². The van der Waals surface area contributed by atoms with Crippen LogP contribution in [0.2, 0.25) is 5.02 Å². The number of fused-ring (bicyclic) bond motifs is 1. The highest BCUT2D eigenvalue weighted by Gasteiger charge is 2.23. The van der Waals surface area contributed by atoms with Crippen LogP contribution in [0, 0.1) is 19.7 Å². The van der Waals surface area contributed by atoms with Crippen LogP contribution in [0.5, 0.6) is 0 Å². The number of esters is 1. The molecular formula is C18H18ClFN4O2. The lowest BCUT2D eigenvalue weighted by molar-refractivity contribution is 0.0596. The van der Waals surface area contributed by atoms with Crippen molar-refractivity contribution in [3.05, 3.63) is 39.9 Å². The molecular weight excluding hydrogens is 359 g/mol. The molecule has 1 aromatic carbocycles. The molecule has 0 aliphatic carbocycles. The Bertz CT molecular complexity index is 1030. The first-order chi connectivity index (χ1) is 12.3. The van der Waals surface area contributed by atoms with E-state index in [1.54, 1.807) is 25.1 Å². The number of hydrogen-bond acceptors (Lipinski definition) is 5. The van der Waals surface area contributed by atoms with E-state index in [-0.39, 0.29) is 27.8 Å². The molecule has 0 spiro atoms. The molecule has 0 aliphatic heterocycles. The summed E-state index contributed by atoms with van der Waals surface area (Å²) in [5.41, 5.74) is 2.61. The molecule has 0 aliphatic rings. The van der Waals surface area contributed by atoms with Crippen LogP contribution in [0.15, 0.2) is 12.1 Å². The third-order valence-electron chi connectivity index (χ3n) is 4.29. The average Bonchev–Trinajstić information content (AvgIpc) is 2.87. The fourth-order valence-corrected chi connectivity index (χ4v) is 3.17. The van der Waals surface area contributed by atoms with Crippen LogP contribution in [0.25, 0.3) is 22.4 Å². The number of methoxy groups -OCH3 is 1. The zero-order chi connectivity index (χ0) is 19.2. The van der Waals surface area contributed by atoms with E-state index in [0.29, 0.717) is 11.0 Å². The van der Waals surface area contributed by atoms with E-state index in [1.807, 2.05) is 13.8 Å². The number of carbonyl (C=O) groups is 1. The molecule has 26 heavy (non-hydrogen) atoms. The van der Waals surface area contributed by atoms with Crippen LogP contribution >= 0.6 is 11.6 Å². The zero-order valence-electron chi connectivity index (χ0n) is 15.1. The number of aryl methyl sites for hydroxylation is 2. The monoisotopic (exact) mass is 376 g/mol. The van der Waals surface area contributed by atoms with Crippen molar-refractivity contribution < 1.29 is 13.9 Å². The van der Waals surface area contributed by atoms with Gasteiger partial charge in [0.2, 0.25) is 0 Å². The van der Waals surface area contributed by atoms with E-state index in [4.69, 9.17) is 16.3 Å². The number of rotatable bonds is 3. The molecule has 1 N–H and O–H groups in total. The maximum Gasteiger partial charge on any atom is 0.357 e. The van der Waals surface area contributed by atoms with E-state index >= 15 is 4.39 Å². The van der Waals surface area contributed by atoms with Gasteiger partial charge < -0.3 is 14.6 Å². The standard InChI is InChI=1S/C18H18ClFN4O2/c1-8-9(2)21-17-12(8)14(18(25)26-5)22-16(23-17)10-6-7-11(19)15(13(10)20)24(3)4/h6-7H,1-5H3,(H,21,22,23). The minimum atomic E-state index is -0.608. The Labute approximate surface area is 155 Å². The summed E-state index contributed by atoms with van der Waals surface area (Å²) in [5.74, 6) is -1.09. The zero-order valence-corrected chi connectivity index (χ0v) is 15.8. The fourth-order valence-electron chi connectivity index (χ4n) is 2.85. The molecule has 8 heteroatoms. The number of ether oxygens (including phenoxy) is 1. The van der Waals surface area contributed by atoms with Crippen molar-refractivity contribution in [3.63, 3.8) is 0 Å². The fraction of sp³-hybridized carbons (Fsp3) is 0.278. The molecule has 2 aromatic heterocycles. The highest BCUT2D eigenvalue weighted by molar-refractivity contribution is 6.33. The highest BCUT2D eigenvalue weighted by atomic mass is 35.5. The Balaban J connectivity index is 2.34. The van der Waals surface area contributed by atoms with E-state index in [0.717, 1.165) is 11.3 Å². The van der Waals surface area contributed by atoms with Gasteiger partial charge in [-0.1, -0.05) is 11.6 Å². The van der Waals surface area contributed by atoms with Crippen LogP contribution in [0.4, 0.5) is 10.1 Å². The SMILES string of the molecule is COC(=O)c1nc(-c2ccc(Cl)c(N(C)C)c2F)nc2[nH]c(C)c(C)c12.